The monoisotopic (exact) mass is 472 g/mol. The fourth-order valence-corrected chi connectivity index (χ4v) is 4.97. The van der Waals surface area contributed by atoms with Crippen LogP contribution in [0.15, 0.2) is 18.2 Å². The number of pyridine rings is 1. The van der Waals surface area contributed by atoms with Gasteiger partial charge in [0.25, 0.3) is 5.91 Å². The van der Waals surface area contributed by atoms with Gasteiger partial charge in [0.05, 0.1) is 17.1 Å². The van der Waals surface area contributed by atoms with Crippen LogP contribution in [0.2, 0.25) is 5.02 Å². The van der Waals surface area contributed by atoms with Crippen molar-refractivity contribution in [3.05, 3.63) is 40.0 Å². The average Bonchev–Trinajstić information content (AvgIpc) is 2.81. The van der Waals surface area contributed by atoms with E-state index in [-0.39, 0.29) is 23.8 Å². The van der Waals surface area contributed by atoms with Gasteiger partial charge in [0.15, 0.2) is 0 Å². The van der Waals surface area contributed by atoms with Crippen LogP contribution in [0, 0.1) is 5.92 Å². The molecule has 0 spiro atoms. The van der Waals surface area contributed by atoms with Crippen LogP contribution in [0.3, 0.4) is 0 Å². The van der Waals surface area contributed by atoms with Crippen molar-refractivity contribution in [1.82, 2.24) is 14.8 Å². The topological polar surface area (TPSA) is 106 Å². The Labute approximate surface area is 198 Å². The third-order valence-corrected chi connectivity index (χ3v) is 6.81. The van der Waals surface area contributed by atoms with Crippen molar-refractivity contribution in [2.45, 2.75) is 39.0 Å². The molecule has 2 aromatic rings. The highest BCUT2D eigenvalue weighted by molar-refractivity contribution is 6.36. The summed E-state index contributed by atoms with van der Waals surface area (Å²) in [5.74, 6) is -0.233. The van der Waals surface area contributed by atoms with Crippen molar-refractivity contribution >= 4 is 40.4 Å². The van der Waals surface area contributed by atoms with E-state index >= 15 is 0 Å². The summed E-state index contributed by atoms with van der Waals surface area (Å²) >= 11 is 6.70. The third-order valence-electron chi connectivity index (χ3n) is 6.38. The number of primary amides is 1. The number of carbonyl (C=O) groups excluding carboxylic acids is 3. The summed E-state index contributed by atoms with van der Waals surface area (Å²) < 4.78 is 5.18. The Morgan fingerprint density at radius 2 is 1.91 bits per heavy atom. The Bertz CT molecular complexity index is 1080. The number of piperazine rings is 1. The fourth-order valence-electron chi connectivity index (χ4n) is 4.61. The molecular formula is C24H29ClN4O4. The first-order valence-corrected chi connectivity index (χ1v) is 11.9. The van der Waals surface area contributed by atoms with Gasteiger partial charge in [0, 0.05) is 49.2 Å². The minimum absolute atomic E-state index is 0.0966. The lowest BCUT2D eigenvalue weighted by atomic mass is 9.84. The zero-order chi connectivity index (χ0) is 23.5. The van der Waals surface area contributed by atoms with E-state index in [0.717, 1.165) is 35.9 Å². The van der Waals surface area contributed by atoms with Crippen molar-refractivity contribution in [2.24, 2.45) is 11.7 Å². The second-order valence-electron chi connectivity index (χ2n) is 8.76. The van der Waals surface area contributed by atoms with Gasteiger partial charge in [-0.1, -0.05) is 24.6 Å². The van der Waals surface area contributed by atoms with Crippen molar-refractivity contribution in [1.29, 1.82) is 0 Å². The maximum Gasteiger partial charge on any atom is 0.409 e. The van der Waals surface area contributed by atoms with Gasteiger partial charge in [0.2, 0.25) is 5.91 Å². The fraction of sp³-hybridized carbons (Fsp3) is 0.500. The normalized spacial score (nSPS) is 18.2. The lowest BCUT2D eigenvalue weighted by Crippen LogP contribution is -2.50. The Morgan fingerprint density at radius 1 is 1.18 bits per heavy atom. The van der Waals surface area contributed by atoms with Crippen LogP contribution in [0.1, 0.15) is 47.8 Å². The molecule has 1 saturated heterocycles. The Morgan fingerprint density at radius 3 is 2.61 bits per heavy atom. The highest BCUT2D eigenvalue weighted by atomic mass is 35.5. The molecule has 0 bridgehead atoms. The van der Waals surface area contributed by atoms with Gasteiger partial charge in [-0.3, -0.25) is 14.6 Å². The van der Waals surface area contributed by atoms with Crippen molar-refractivity contribution in [3.8, 4) is 0 Å². The van der Waals surface area contributed by atoms with Gasteiger partial charge in [-0.25, -0.2) is 4.79 Å². The molecule has 4 rings (SSSR count). The van der Waals surface area contributed by atoms with E-state index < -0.39 is 0 Å². The van der Waals surface area contributed by atoms with Gasteiger partial charge >= 0.3 is 6.09 Å². The van der Waals surface area contributed by atoms with Crippen LogP contribution in [-0.4, -0.2) is 65.5 Å². The molecule has 0 saturated carbocycles. The summed E-state index contributed by atoms with van der Waals surface area (Å²) in [6.07, 6.45) is 3.07. The average molecular weight is 473 g/mol. The number of carbonyl (C=O) groups is 3. The number of fused-ring (bicyclic) bond motifs is 2. The van der Waals surface area contributed by atoms with Crippen LogP contribution in [0.25, 0.3) is 10.9 Å². The van der Waals surface area contributed by atoms with Gasteiger partial charge in [-0.05, 0) is 49.3 Å². The van der Waals surface area contributed by atoms with Gasteiger partial charge < -0.3 is 20.3 Å². The molecule has 2 heterocycles. The number of aromatic nitrogens is 1. The van der Waals surface area contributed by atoms with Crippen LogP contribution in [0.4, 0.5) is 4.79 Å². The molecule has 0 radical (unpaired) electrons. The van der Waals surface area contributed by atoms with E-state index in [1.807, 2.05) is 13.0 Å². The summed E-state index contributed by atoms with van der Waals surface area (Å²) in [7, 11) is 0. The van der Waals surface area contributed by atoms with E-state index in [0.29, 0.717) is 61.7 Å². The summed E-state index contributed by atoms with van der Waals surface area (Å²) in [5.41, 5.74) is 8.50. The molecule has 2 aliphatic rings. The molecule has 3 amide bonds. The molecule has 2 N–H and O–H groups in total. The third kappa shape index (κ3) is 5.05. The van der Waals surface area contributed by atoms with E-state index in [1.165, 1.54) is 0 Å². The lowest BCUT2D eigenvalue weighted by Gasteiger charge is -2.34. The number of halogens is 1. The number of nitrogens with zero attached hydrogens (tertiary/aromatic N) is 3. The Kier molecular flexibility index (Phi) is 7.02. The van der Waals surface area contributed by atoms with E-state index in [1.54, 1.807) is 21.9 Å². The minimum Gasteiger partial charge on any atom is -0.449 e. The number of nitrogens with two attached hydrogens (primary N) is 1. The highest BCUT2D eigenvalue weighted by Gasteiger charge is 2.27. The second-order valence-corrected chi connectivity index (χ2v) is 9.13. The largest absolute Gasteiger partial charge is 0.449 e. The maximum atomic E-state index is 13.1. The summed E-state index contributed by atoms with van der Waals surface area (Å²) in [6.45, 7) is 4.14. The standard InChI is InChI=1S/C24H29ClN4O4/c1-2-11-33-24(32)29-9-7-28(8-10-29)23(31)16-4-6-18-20(14-16)27-19-12-15(13-21(26)30)3-5-17(19)22(18)25/h4,6,14-15H,2-3,5,7-13H2,1H3,(H2,26,30). The van der Waals surface area contributed by atoms with Gasteiger partial charge in [0.1, 0.15) is 0 Å². The molecule has 8 nitrogen and oxygen atoms in total. The molecular weight excluding hydrogens is 444 g/mol. The van der Waals surface area contributed by atoms with Gasteiger partial charge in [-0.15, -0.1) is 0 Å². The molecule has 1 aliphatic heterocycles. The first kappa shape index (κ1) is 23.3. The molecule has 33 heavy (non-hydrogen) atoms. The molecule has 1 aromatic heterocycles. The van der Waals surface area contributed by atoms with Gasteiger partial charge in [-0.2, -0.15) is 0 Å². The summed E-state index contributed by atoms with van der Waals surface area (Å²) in [6, 6.07) is 5.42. The summed E-state index contributed by atoms with van der Waals surface area (Å²) in [5, 5.41) is 1.49. The smallest absolute Gasteiger partial charge is 0.409 e. The predicted molar refractivity (Wildman–Crippen MR) is 125 cm³/mol. The number of ether oxygens (including phenoxy) is 1. The molecule has 1 aromatic carbocycles. The minimum atomic E-state index is -0.326. The molecule has 1 aliphatic carbocycles. The van der Waals surface area contributed by atoms with E-state index in [4.69, 9.17) is 27.1 Å². The molecule has 1 atom stereocenters. The Balaban J connectivity index is 1.49. The zero-order valence-electron chi connectivity index (χ0n) is 18.8. The first-order chi connectivity index (χ1) is 15.9. The number of amides is 3. The van der Waals surface area contributed by atoms with Crippen LogP contribution in [0.5, 0.6) is 0 Å². The second kappa shape index (κ2) is 9.95. The number of hydrogen-bond acceptors (Lipinski definition) is 5. The number of benzene rings is 1. The quantitative estimate of drug-likeness (QED) is 0.719. The first-order valence-electron chi connectivity index (χ1n) is 11.5. The van der Waals surface area contributed by atoms with Crippen LogP contribution in [-0.2, 0) is 22.4 Å². The van der Waals surface area contributed by atoms with E-state index in [9.17, 15) is 14.4 Å². The zero-order valence-corrected chi connectivity index (χ0v) is 19.6. The molecule has 1 fully saturated rings. The van der Waals surface area contributed by atoms with Crippen molar-refractivity contribution in [3.63, 3.8) is 0 Å². The van der Waals surface area contributed by atoms with Crippen LogP contribution < -0.4 is 5.73 Å². The van der Waals surface area contributed by atoms with Crippen LogP contribution >= 0.6 is 11.6 Å². The maximum absolute atomic E-state index is 13.1. The SMILES string of the molecule is CCCOC(=O)N1CCN(C(=O)c2ccc3c(Cl)c4c(nc3c2)CC(CC(N)=O)CC4)CC1. The van der Waals surface area contributed by atoms with Crippen molar-refractivity contribution < 1.29 is 19.1 Å². The lowest BCUT2D eigenvalue weighted by molar-refractivity contribution is -0.119. The number of hydrogen-bond donors (Lipinski definition) is 1. The molecule has 176 valence electrons. The summed E-state index contributed by atoms with van der Waals surface area (Å²) in [4.78, 5) is 44.7. The van der Waals surface area contributed by atoms with Crippen molar-refractivity contribution in [2.75, 3.05) is 32.8 Å². The van der Waals surface area contributed by atoms with E-state index in [2.05, 4.69) is 0 Å². The predicted octanol–water partition coefficient (Wildman–Crippen LogP) is 3.17. The Hall–Kier alpha value is -2.87. The molecule has 9 heteroatoms. The molecule has 1 unspecified atom stereocenters. The highest BCUT2D eigenvalue weighted by Crippen LogP contribution is 2.35. The number of rotatable bonds is 5.